The summed E-state index contributed by atoms with van der Waals surface area (Å²) in [5.74, 6) is 0. The van der Waals surface area contributed by atoms with Gasteiger partial charge in [-0.3, -0.25) is 0 Å². The number of aliphatic hydroxyl groups is 1. The molecule has 0 aliphatic heterocycles. The molecular weight excluding hydrogens is 242 g/mol. The van der Waals surface area contributed by atoms with Gasteiger partial charge in [-0.05, 0) is 24.1 Å². The second-order valence-electron chi connectivity index (χ2n) is 3.74. The standard InChI is InChI=1S/C12H18ClNOS/c1-9(5-6-15)16-12(8-14)10-3-2-4-11(13)7-10/h2-4,7,9,12,15H,5-6,8,14H2,1H3. The molecule has 16 heavy (non-hydrogen) atoms. The smallest absolute Gasteiger partial charge is 0.0441 e. The van der Waals surface area contributed by atoms with Gasteiger partial charge in [0, 0.05) is 28.7 Å². The summed E-state index contributed by atoms with van der Waals surface area (Å²) in [5, 5.41) is 10.3. The first-order valence-corrected chi connectivity index (χ1v) is 6.71. The average molecular weight is 260 g/mol. The molecule has 0 saturated heterocycles. The summed E-state index contributed by atoms with van der Waals surface area (Å²) in [7, 11) is 0. The minimum atomic E-state index is 0.223. The molecule has 0 aromatic heterocycles. The predicted molar refractivity (Wildman–Crippen MR) is 72.0 cm³/mol. The van der Waals surface area contributed by atoms with E-state index in [1.54, 1.807) is 11.8 Å². The SMILES string of the molecule is CC(CCO)SC(CN)c1cccc(Cl)c1. The summed E-state index contributed by atoms with van der Waals surface area (Å²) in [6.07, 6.45) is 0.793. The Hall–Kier alpha value is -0.220. The lowest BCUT2D eigenvalue weighted by Crippen LogP contribution is -2.13. The third kappa shape index (κ3) is 4.34. The van der Waals surface area contributed by atoms with Crippen LogP contribution in [0.25, 0.3) is 0 Å². The van der Waals surface area contributed by atoms with E-state index in [1.807, 2.05) is 24.3 Å². The Morgan fingerprint density at radius 1 is 1.50 bits per heavy atom. The van der Waals surface area contributed by atoms with E-state index in [0.717, 1.165) is 17.0 Å². The van der Waals surface area contributed by atoms with E-state index in [0.29, 0.717) is 11.8 Å². The molecule has 0 saturated carbocycles. The van der Waals surface area contributed by atoms with E-state index in [1.165, 1.54) is 0 Å². The average Bonchev–Trinajstić information content (AvgIpc) is 2.26. The molecule has 3 N–H and O–H groups in total. The van der Waals surface area contributed by atoms with Crippen LogP contribution in [-0.4, -0.2) is 23.5 Å². The van der Waals surface area contributed by atoms with Crippen molar-refractivity contribution in [2.75, 3.05) is 13.2 Å². The zero-order valence-corrected chi connectivity index (χ0v) is 11.0. The number of hydrogen-bond donors (Lipinski definition) is 2. The normalized spacial score (nSPS) is 14.8. The van der Waals surface area contributed by atoms with Crippen LogP contribution in [0.1, 0.15) is 24.2 Å². The highest BCUT2D eigenvalue weighted by molar-refractivity contribution is 8.00. The first-order valence-electron chi connectivity index (χ1n) is 5.39. The van der Waals surface area contributed by atoms with Crippen LogP contribution >= 0.6 is 23.4 Å². The molecule has 0 aliphatic rings. The van der Waals surface area contributed by atoms with E-state index in [9.17, 15) is 0 Å². The summed E-state index contributed by atoms with van der Waals surface area (Å²) in [5.41, 5.74) is 6.93. The fourth-order valence-electron chi connectivity index (χ4n) is 1.51. The minimum Gasteiger partial charge on any atom is -0.396 e. The number of halogens is 1. The second-order valence-corrected chi connectivity index (χ2v) is 5.82. The van der Waals surface area contributed by atoms with Crippen LogP contribution in [-0.2, 0) is 0 Å². The van der Waals surface area contributed by atoms with Crippen molar-refractivity contribution in [1.29, 1.82) is 0 Å². The van der Waals surface area contributed by atoms with Gasteiger partial charge in [0.1, 0.15) is 0 Å². The van der Waals surface area contributed by atoms with Crippen LogP contribution in [0.2, 0.25) is 5.02 Å². The molecule has 90 valence electrons. The second kappa shape index (κ2) is 7.17. The van der Waals surface area contributed by atoms with Gasteiger partial charge in [0.2, 0.25) is 0 Å². The molecule has 0 radical (unpaired) electrons. The van der Waals surface area contributed by atoms with Crippen LogP contribution in [0, 0.1) is 0 Å². The van der Waals surface area contributed by atoms with E-state index in [-0.39, 0.29) is 11.9 Å². The molecule has 1 aromatic rings. The van der Waals surface area contributed by atoms with Crippen molar-refractivity contribution in [2.45, 2.75) is 23.8 Å². The van der Waals surface area contributed by atoms with E-state index in [4.69, 9.17) is 22.4 Å². The molecule has 1 aromatic carbocycles. The fourth-order valence-corrected chi connectivity index (χ4v) is 2.92. The number of aliphatic hydroxyl groups excluding tert-OH is 1. The maximum absolute atomic E-state index is 8.87. The topological polar surface area (TPSA) is 46.2 Å². The number of benzene rings is 1. The zero-order chi connectivity index (χ0) is 12.0. The maximum Gasteiger partial charge on any atom is 0.0441 e. The van der Waals surface area contributed by atoms with Crippen molar-refractivity contribution in [3.8, 4) is 0 Å². The summed E-state index contributed by atoms with van der Waals surface area (Å²) < 4.78 is 0. The molecule has 0 heterocycles. The molecule has 0 bridgehead atoms. The van der Waals surface area contributed by atoms with Crippen LogP contribution < -0.4 is 5.73 Å². The van der Waals surface area contributed by atoms with Gasteiger partial charge in [-0.1, -0.05) is 30.7 Å². The van der Waals surface area contributed by atoms with Crippen LogP contribution in [0.3, 0.4) is 0 Å². The summed E-state index contributed by atoms with van der Waals surface area (Å²) in [6, 6.07) is 7.80. The lowest BCUT2D eigenvalue weighted by molar-refractivity contribution is 0.289. The van der Waals surface area contributed by atoms with Gasteiger partial charge < -0.3 is 10.8 Å². The monoisotopic (exact) mass is 259 g/mol. The fraction of sp³-hybridized carbons (Fsp3) is 0.500. The first-order chi connectivity index (χ1) is 7.67. The van der Waals surface area contributed by atoms with Crippen molar-refractivity contribution >= 4 is 23.4 Å². The van der Waals surface area contributed by atoms with Gasteiger partial charge in [0.15, 0.2) is 0 Å². The molecule has 0 amide bonds. The van der Waals surface area contributed by atoms with Gasteiger partial charge in [-0.25, -0.2) is 0 Å². The Bertz CT molecular complexity index is 322. The number of nitrogens with two attached hydrogens (primary N) is 1. The van der Waals surface area contributed by atoms with Crippen molar-refractivity contribution in [3.63, 3.8) is 0 Å². The molecule has 2 unspecified atom stereocenters. The Kier molecular flexibility index (Phi) is 6.21. The lowest BCUT2D eigenvalue weighted by atomic mass is 10.1. The van der Waals surface area contributed by atoms with Gasteiger partial charge in [-0.15, -0.1) is 11.8 Å². The highest BCUT2D eigenvalue weighted by Crippen LogP contribution is 2.33. The summed E-state index contributed by atoms with van der Waals surface area (Å²) in [6.45, 7) is 2.91. The van der Waals surface area contributed by atoms with Crippen molar-refractivity contribution < 1.29 is 5.11 Å². The van der Waals surface area contributed by atoms with Gasteiger partial charge in [0.25, 0.3) is 0 Å². The Morgan fingerprint density at radius 2 is 2.25 bits per heavy atom. The molecule has 0 fully saturated rings. The Labute approximate surface area is 106 Å². The summed E-state index contributed by atoms with van der Waals surface area (Å²) in [4.78, 5) is 0. The van der Waals surface area contributed by atoms with E-state index < -0.39 is 0 Å². The van der Waals surface area contributed by atoms with Gasteiger partial charge >= 0.3 is 0 Å². The van der Waals surface area contributed by atoms with Gasteiger partial charge in [-0.2, -0.15) is 0 Å². The van der Waals surface area contributed by atoms with E-state index >= 15 is 0 Å². The third-order valence-corrected chi connectivity index (χ3v) is 4.10. The third-order valence-electron chi connectivity index (χ3n) is 2.37. The van der Waals surface area contributed by atoms with Crippen molar-refractivity contribution in [2.24, 2.45) is 5.73 Å². The van der Waals surface area contributed by atoms with Crippen molar-refractivity contribution in [1.82, 2.24) is 0 Å². The molecule has 2 nitrogen and oxygen atoms in total. The lowest BCUT2D eigenvalue weighted by Gasteiger charge is -2.19. The Balaban J connectivity index is 2.67. The first kappa shape index (κ1) is 13.8. The number of rotatable bonds is 6. The highest BCUT2D eigenvalue weighted by atomic mass is 35.5. The Morgan fingerprint density at radius 3 is 2.81 bits per heavy atom. The van der Waals surface area contributed by atoms with Gasteiger partial charge in [0.05, 0.1) is 0 Å². The molecular formula is C12H18ClNOS. The largest absolute Gasteiger partial charge is 0.396 e. The van der Waals surface area contributed by atoms with Crippen molar-refractivity contribution in [3.05, 3.63) is 34.9 Å². The molecule has 4 heteroatoms. The maximum atomic E-state index is 8.87. The highest BCUT2D eigenvalue weighted by Gasteiger charge is 2.14. The predicted octanol–water partition coefficient (Wildman–Crippen LogP) is 2.84. The van der Waals surface area contributed by atoms with Crippen LogP contribution in [0.15, 0.2) is 24.3 Å². The molecule has 0 spiro atoms. The van der Waals surface area contributed by atoms with E-state index in [2.05, 4.69) is 6.92 Å². The minimum absolute atomic E-state index is 0.223. The quantitative estimate of drug-likeness (QED) is 0.826. The molecule has 0 aliphatic carbocycles. The molecule has 1 rings (SSSR count). The number of thioether (sulfide) groups is 1. The summed E-state index contributed by atoms with van der Waals surface area (Å²) >= 11 is 7.74. The van der Waals surface area contributed by atoms with Crippen LogP contribution in [0.5, 0.6) is 0 Å². The zero-order valence-electron chi connectivity index (χ0n) is 9.40. The number of hydrogen-bond acceptors (Lipinski definition) is 3. The van der Waals surface area contributed by atoms with Crippen LogP contribution in [0.4, 0.5) is 0 Å². The molecule has 2 atom stereocenters.